The molecule has 0 aliphatic heterocycles. The fourth-order valence-corrected chi connectivity index (χ4v) is 1.02. The molecule has 0 amide bonds. The lowest BCUT2D eigenvalue weighted by molar-refractivity contribution is 0.0690. The molecule has 2 aromatic rings. The Morgan fingerprint density at radius 1 is 1.64 bits per heavy atom. The highest BCUT2D eigenvalue weighted by Crippen LogP contribution is 2.03. The van der Waals surface area contributed by atoms with E-state index in [-0.39, 0.29) is 5.69 Å². The van der Waals surface area contributed by atoms with Gasteiger partial charge in [0.05, 0.1) is 6.33 Å². The Morgan fingerprint density at radius 3 is 3.07 bits per heavy atom. The first kappa shape index (κ1) is 8.49. The number of aromatic nitrogens is 3. The van der Waals surface area contributed by atoms with Gasteiger partial charge >= 0.3 is 5.97 Å². The number of hydrogen-bond acceptors (Lipinski definition) is 4. The number of rotatable bonds is 3. The average molecular weight is 193 g/mol. The molecule has 6 heteroatoms. The van der Waals surface area contributed by atoms with Crippen LogP contribution >= 0.6 is 0 Å². The van der Waals surface area contributed by atoms with Gasteiger partial charge in [0.2, 0.25) is 5.89 Å². The predicted molar refractivity (Wildman–Crippen MR) is 44.8 cm³/mol. The summed E-state index contributed by atoms with van der Waals surface area (Å²) in [6.07, 6.45) is 6.09. The van der Waals surface area contributed by atoms with E-state index in [1.165, 1.54) is 0 Å². The van der Waals surface area contributed by atoms with Gasteiger partial charge in [-0.2, -0.15) is 0 Å². The van der Waals surface area contributed by atoms with E-state index in [1.54, 1.807) is 23.3 Å². The van der Waals surface area contributed by atoms with Crippen molar-refractivity contribution in [2.24, 2.45) is 0 Å². The van der Waals surface area contributed by atoms with E-state index in [0.29, 0.717) is 12.4 Å². The number of imidazole rings is 1. The minimum absolute atomic E-state index is 0.0832. The summed E-state index contributed by atoms with van der Waals surface area (Å²) >= 11 is 0. The minimum Gasteiger partial charge on any atom is -0.476 e. The Kier molecular flexibility index (Phi) is 2.02. The molecule has 0 spiro atoms. The second-order valence-corrected chi connectivity index (χ2v) is 2.67. The van der Waals surface area contributed by atoms with Crippen LogP contribution in [0.25, 0.3) is 0 Å². The van der Waals surface area contributed by atoms with Crippen LogP contribution in [0.3, 0.4) is 0 Å². The topological polar surface area (TPSA) is 81.1 Å². The maximum absolute atomic E-state index is 10.5. The highest BCUT2D eigenvalue weighted by atomic mass is 16.4. The van der Waals surface area contributed by atoms with E-state index in [1.807, 2.05) is 0 Å². The van der Waals surface area contributed by atoms with Crippen LogP contribution in [-0.2, 0) is 6.54 Å². The molecule has 0 fully saturated rings. The van der Waals surface area contributed by atoms with Crippen molar-refractivity contribution < 1.29 is 14.3 Å². The Bertz CT molecular complexity index is 432. The molecule has 72 valence electrons. The van der Waals surface area contributed by atoms with Crippen LogP contribution in [-0.4, -0.2) is 25.6 Å². The van der Waals surface area contributed by atoms with Gasteiger partial charge in [-0.05, 0) is 0 Å². The summed E-state index contributed by atoms with van der Waals surface area (Å²) in [7, 11) is 0. The monoisotopic (exact) mass is 193 g/mol. The molecule has 6 nitrogen and oxygen atoms in total. The first-order valence-electron chi connectivity index (χ1n) is 3.89. The quantitative estimate of drug-likeness (QED) is 0.772. The SMILES string of the molecule is O=C(O)c1coc(Cn2ccnc2)n1. The zero-order valence-corrected chi connectivity index (χ0v) is 7.12. The van der Waals surface area contributed by atoms with Crippen molar-refractivity contribution in [3.8, 4) is 0 Å². The van der Waals surface area contributed by atoms with E-state index in [2.05, 4.69) is 9.97 Å². The number of nitrogens with zero attached hydrogens (tertiary/aromatic N) is 3. The van der Waals surface area contributed by atoms with Gasteiger partial charge in [-0.3, -0.25) is 0 Å². The number of carboxylic acids is 1. The van der Waals surface area contributed by atoms with Crippen molar-refractivity contribution in [2.75, 3.05) is 0 Å². The molecule has 2 heterocycles. The number of carboxylic acid groups (broad SMARTS) is 1. The molecular formula is C8H7N3O3. The molecular weight excluding hydrogens is 186 g/mol. The Hall–Kier alpha value is -2.11. The van der Waals surface area contributed by atoms with E-state index in [0.717, 1.165) is 6.26 Å². The van der Waals surface area contributed by atoms with Gasteiger partial charge in [0.1, 0.15) is 12.8 Å². The van der Waals surface area contributed by atoms with Gasteiger partial charge < -0.3 is 14.1 Å². The molecule has 14 heavy (non-hydrogen) atoms. The van der Waals surface area contributed by atoms with Crippen molar-refractivity contribution >= 4 is 5.97 Å². The van der Waals surface area contributed by atoms with Crippen molar-refractivity contribution in [1.82, 2.24) is 14.5 Å². The largest absolute Gasteiger partial charge is 0.476 e. The van der Waals surface area contributed by atoms with Crippen molar-refractivity contribution in [3.05, 3.63) is 36.6 Å². The first-order chi connectivity index (χ1) is 6.75. The summed E-state index contributed by atoms with van der Waals surface area (Å²) < 4.78 is 6.69. The number of aromatic carboxylic acids is 1. The normalized spacial score (nSPS) is 10.3. The Labute approximate surface area is 78.8 Å². The van der Waals surface area contributed by atoms with Gasteiger partial charge in [-0.15, -0.1) is 0 Å². The highest BCUT2D eigenvalue weighted by molar-refractivity contribution is 5.84. The summed E-state index contributed by atoms with van der Waals surface area (Å²) in [4.78, 5) is 18.1. The fraction of sp³-hybridized carbons (Fsp3) is 0.125. The number of oxazole rings is 1. The molecule has 0 saturated carbocycles. The smallest absolute Gasteiger partial charge is 0.357 e. The van der Waals surface area contributed by atoms with E-state index >= 15 is 0 Å². The van der Waals surface area contributed by atoms with Crippen LogP contribution in [0.1, 0.15) is 16.4 Å². The molecule has 0 atom stereocenters. The summed E-state index contributed by atoms with van der Waals surface area (Å²) in [5, 5.41) is 8.58. The average Bonchev–Trinajstić information content (AvgIpc) is 2.75. The molecule has 0 aliphatic carbocycles. The van der Waals surface area contributed by atoms with E-state index in [4.69, 9.17) is 9.52 Å². The Balaban J connectivity index is 2.14. The third-order valence-electron chi connectivity index (χ3n) is 1.65. The standard InChI is InChI=1S/C8H7N3O3/c12-8(13)6-4-14-7(10-6)3-11-2-1-9-5-11/h1-2,4-5H,3H2,(H,12,13). The Morgan fingerprint density at radius 2 is 2.50 bits per heavy atom. The molecule has 0 unspecified atom stereocenters. The summed E-state index contributed by atoms with van der Waals surface area (Å²) in [6.45, 7) is 0.382. The zero-order chi connectivity index (χ0) is 9.97. The van der Waals surface area contributed by atoms with Crippen LogP contribution in [0.4, 0.5) is 0 Å². The molecule has 0 aromatic carbocycles. The molecule has 1 N–H and O–H groups in total. The van der Waals surface area contributed by atoms with Crippen LogP contribution < -0.4 is 0 Å². The maximum Gasteiger partial charge on any atom is 0.357 e. The second-order valence-electron chi connectivity index (χ2n) is 2.67. The van der Waals surface area contributed by atoms with Crippen molar-refractivity contribution in [1.29, 1.82) is 0 Å². The second kappa shape index (κ2) is 3.33. The third-order valence-corrected chi connectivity index (χ3v) is 1.65. The number of hydrogen-bond donors (Lipinski definition) is 1. The lowest BCUT2D eigenvalue weighted by atomic mass is 10.5. The lowest BCUT2D eigenvalue weighted by Crippen LogP contribution is -1.99. The van der Waals surface area contributed by atoms with Crippen molar-refractivity contribution in [2.45, 2.75) is 6.54 Å². The van der Waals surface area contributed by atoms with Crippen LogP contribution in [0.2, 0.25) is 0 Å². The summed E-state index contributed by atoms with van der Waals surface area (Å²) in [6, 6.07) is 0. The number of carbonyl (C=O) groups is 1. The molecule has 2 aromatic heterocycles. The minimum atomic E-state index is -1.09. The first-order valence-corrected chi connectivity index (χ1v) is 3.89. The van der Waals surface area contributed by atoms with Crippen molar-refractivity contribution in [3.63, 3.8) is 0 Å². The predicted octanol–water partition coefficient (Wildman–Crippen LogP) is 0.618. The van der Waals surface area contributed by atoms with Gasteiger partial charge in [-0.1, -0.05) is 0 Å². The van der Waals surface area contributed by atoms with Crippen LogP contribution in [0.15, 0.2) is 29.4 Å². The molecule has 0 saturated heterocycles. The van der Waals surface area contributed by atoms with E-state index in [9.17, 15) is 4.79 Å². The van der Waals surface area contributed by atoms with Gasteiger partial charge in [0, 0.05) is 12.4 Å². The summed E-state index contributed by atoms with van der Waals surface area (Å²) in [5.41, 5.74) is -0.0832. The van der Waals surface area contributed by atoms with Crippen LogP contribution in [0, 0.1) is 0 Å². The fourth-order valence-electron chi connectivity index (χ4n) is 1.02. The molecule has 0 radical (unpaired) electrons. The van der Waals surface area contributed by atoms with Crippen LogP contribution in [0.5, 0.6) is 0 Å². The molecule has 2 rings (SSSR count). The highest BCUT2D eigenvalue weighted by Gasteiger charge is 2.09. The molecule has 0 aliphatic rings. The lowest BCUT2D eigenvalue weighted by Gasteiger charge is -1.94. The van der Waals surface area contributed by atoms with Gasteiger partial charge in [-0.25, -0.2) is 14.8 Å². The third kappa shape index (κ3) is 1.63. The maximum atomic E-state index is 10.5. The van der Waals surface area contributed by atoms with E-state index < -0.39 is 5.97 Å². The van der Waals surface area contributed by atoms with Gasteiger partial charge in [0.15, 0.2) is 5.69 Å². The zero-order valence-electron chi connectivity index (χ0n) is 7.12. The van der Waals surface area contributed by atoms with Gasteiger partial charge in [0.25, 0.3) is 0 Å². The molecule has 0 bridgehead atoms. The summed E-state index contributed by atoms with van der Waals surface area (Å²) in [5.74, 6) is -0.744.